The Balaban J connectivity index is 3.93. The smallest absolute Gasteiger partial charge is 0.336 e. The van der Waals surface area contributed by atoms with Gasteiger partial charge in [0.15, 0.2) is 0 Å². The summed E-state index contributed by atoms with van der Waals surface area (Å²) in [5.41, 5.74) is 0.366. The number of hydrogen-bond donors (Lipinski definition) is 0. The van der Waals surface area contributed by atoms with Crippen molar-refractivity contribution in [2.24, 2.45) is 0 Å². The van der Waals surface area contributed by atoms with Gasteiger partial charge in [-0.3, -0.25) is 0 Å². The van der Waals surface area contributed by atoms with Crippen molar-refractivity contribution in [3.8, 4) is 0 Å². The topological polar surface area (TPSA) is 35.5 Å². The van der Waals surface area contributed by atoms with Gasteiger partial charge in [-0.1, -0.05) is 39.3 Å². The van der Waals surface area contributed by atoms with Crippen LogP contribution in [0.2, 0.25) is 0 Å². The number of ether oxygens (including phenoxy) is 2. The summed E-state index contributed by atoms with van der Waals surface area (Å²) < 4.78 is 10.6. The van der Waals surface area contributed by atoms with Crippen molar-refractivity contribution in [1.82, 2.24) is 0 Å². The maximum absolute atomic E-state index is 11.7. The van der Waals surface area contributed by atoms with Gasteiger partial charge in [0.2, 0.25) is 0 Å². The molecule has 0 saturated heterocycles. The van der Waals surface area contributed by atoms with Crippen molar-refractivity contribution in [1.29, 1.82) is 0 Å². The number of hydrogen-bond acceptors (Lipinski definition) is 3. The number of carbonyl (C=O) groups excluding carboxylic acids is 1. The molecule has 0 aliphatic carbocycles. The molecule has 0 aromatic heterocycles. The number of unbranched alkanes of at least 4 members (excludes halogenated alkanes) is 2. The Labute approximate surface area is 111 Å². The van der Waals surface area contributed by atoms with E-state index < -0.39 is 0 Å². The molecule has 0 saturated carbocycles. The summed E-state index contributed by atoms with van der Waals surface area (Å²) in [4.78, 5) is 11.7. The average molecular weight is 254 g/mol. The van der Waals surface area contributed by atoms with Gasteiger partial charge >= 0.3 is 5.97 Å². The molecule has 0 radical (unpaired) electrons. The predicted octanol–water partition coefficient (Wildman–Crippen LogP) is 3.65. The Hall–Kier alpha value is -1.09. The zero-order valence-corrected chi connectivity index (χ0v) is 11.7. The lowest BCUT2D eigenvalue weighted by atomic mass is 10.1. The zero-order chi connectivity index (χ0) is 13.8. The molecule has 0 N–H and O–H groups in total. The van der Waals surface area contributed by atoms with E-state index in [9.17, 15) is 4.79 Å². The van der Waals surface area contributed by atoms with Crippen molar-refractivity contribution in [2.45, 2.75) is 52.1 Å². The van der Waals surface area contributed by atoms with Crippen LogP contribution in [0.3, 0.4) is 0 Å². The highest BCUT2D eigenvalue weighted by Gasteiger charge is 2.15. The Kier molecular flexibility index (Phi) is 10.4. The fraction of sp³-hybridized carbons (Fsp3) is 0.667. The van der Waals surface area contributed by atoms with Crippen molar-refractivity contribution in [3.05, 3.63) is 24.8 Å². The largest absolute Gasteiger partial charge is 0.459 e. The highest BCUT2D eigenvalue weighted by atomic mass is 16.5. The molecule has 0 fully saturated rings. The molecule has 3 heteroatoms. The SMILES string of the molecule is C=CCOCC(=C)C(=O)OC(CC)CCCCC. The van der Waals surface area contributed by atoms with Gasteiger partial charge in [0.25, 0.3) is 0 Å². The fourth-order valence-electron chi connectivity index (χ4n) is 1.53. The molecule has 18 heavy (non-hydrogen) atoms. The molecule has 0 spiro atoms. The van der Waals surface area contributed by atoms with Crippen LogP contribution in [0.1, 0.15) is 46.0 Å². The van der Waals surface area contributed by atoms with E-state index in [0.717, 1.165) is 19.3 Å². The lowest BCUT2D eigenvalue weighted by Crippen LogP contribution is -2.20. The van der Waals surface area contributed by atoms with Gasteiger partial charge < -0.3 is 9.47 Å². The minimum Gasteiger partial charge on any atom is -0.459 e. The molecule has 0 aliphatic heterocycles. The predicted molar refractivity (Wildman–Crippen MR) is 74.5 cm³/mol. The van der Waals surface area contributed by atoms with Crippen LogP contribution in [0.25, 0.3) is 0 Å². The molecular formula is C15H26O3. The lowest BCUT2D eigenvalue weighted by molar-refractivity contribution is -0.145. The number of carbonyl (C=O) groups is 1. The maximum atomic E-state index is 11.7. The van der Waals surface area contributed by atoms with Gasteiger partial charge in [0.1, 0.15) is 6.10 Å². The van der Waals surface area contributed by atoms with Crippen molar-refractivity contribution in [3.63, 3.8) is 0 Å². The maximum Gasteiger partial charge on any atom is 0.336 e. The third-order valence-corrected chi connectivity index (χ3v) is 2.66. The van der Waals surface area contributed by atoms with E-state index in [0.29, 0.717) is 12.2 Å². The van der Waals surface area contributed by atoms with Crippen LogP contribution in [0.5, 0.6) is 0 Å². The molecule has 0 rings (SSSR count). The lowest BCUT2D eigenvalue weighted by Gasteiger charge is -2.16. The first-order chi connectivity index (χ1) is 8.65. The van der Waals surface area contributed by atoms with Crippen LogP contribution in [-0.4, -0.2) is 25.3 Å². The second kappa shape index (κ2) is 11.0. The average Bonchev–Trinajstić information content (AvgIpc) is 2.37. The molecule has 0 heterocycles. The summed E-state index contributed by atoms with van der Waals surface area (Å²) in [7, 11) is 0. The molecule has 0 bridgehead atoms. The highest BCUT2D eigenvalue weighted by molar-refractivity contribution is 5.88. The van der Waals surface area contributed by atoms with E-state index in [4.69, 9.17) is 9.47 Å². The van der Waals surface area contributed by atoms with Crippen molar-refractivity contribution < 1.29 is 14.3 Å². The van der Waals surface area contributed by atoms with E-state index in [1.165, 1.54) is 12.8 Å². The summed E-state index contributed by atoms with van der Waals surface area (Å²) >= 11 is 0. The van der Waals surface area contributed by atoms with E-state index in [1.54, 1.807) is 6.08 Å². The molecule has 3 nitrogen and oxygen atoms in total. The van der Waals surface area contributed by atoms with Gasteiger partial charge in [-0.2, -0.15) is 0 Å². The third-order valence-electron chi connectivity index (χ3n) is 2.66. The van der Waals surface area contributed by atoms with Crippen molar-refractivity contribution >= 4 is 5.97 Å². The molecular weight excluding hydrogens is 228 g/mol. The van der Waals surface area contributed by atoms with Crippen LogP contribution >= 0.6 is 0 Å². The normalized spacial score (nSPS) is 11.9. The Morgan fingerprint density at radius 2 is 2.06 bits per heavy atom. The van der Waals surface area contributed by atoms with Gasteiger partial charge in [-0.25, -0.2) is 4.79 Å². The van der Waals surface area contributed by atoms with Crippen LogP contribution in [-0.2, 0) is 14.3 Å². The summed E-state index contributed by atoms with van der Waals surface area (Å²) in [6.45, 7) is 12.0. The van der Waals surface area contributed by atoms with E-state index in [2.05, 4.69) is 20.1 Å². The minimum atomic E-state index is -0.345. The first-order valence-corrected chi connectivity index (χ1v) is 6.73. The number of esters is 1. The quantitative estimate of drug-likeness (QED) is 0.244. The van der Waals surface area contributed by atoms with Crippen LogP contribution in [0.4, 0.5) is 0 Å². The molecule has 0 aliphatic rings. The van der Waals surface area contributed by atoms with Gasteiger partial charge in [0, 0.05) is 0 Å². The van der Waals surface area contributed by atoms with E-state index in [-0.39, 0.29) is 18.7 Å². The van der Waals surface area contributed by atoms with Gasteiger partial charge in [0.05, 0.1) is 18.8 Å². The first kappa shape index (κ1) is 16.9. The summed E-state index contributed by atoms with van der Waals surface area (Å²) in [5.74, 6) is -0.345. The minimum absolute atomic E-state index is 0.000189. The Morgan fingerprint density at radius 1 is 1.33 bits per heavy atom. The summed E-state index contributed by atoms with van der Waals surface area (Å²) in [5, 5.41) is 0. The Morgan fingerprint density at radius 3 is 2.61 bits per heavy atom. The number of rotatable bonds is 11. The second-order valence-electron chi connectivity index (χ2n) is 4.34. The first-order valence-electron chi connectivity index (χ1n) is 6.73. The summed E-state index contributed by atoms with van der Waals surface area (Å²) in [6.07, 6.45) is 6.86. The van der Waals surface area contributed by atoms with Crippen molar-refractivity contribution in [2.75, 3.05) is 13.2 Å². The Bertz CT molecular complexity index is 258. The summed E-state index contributed by atoms with van der Waals surface area (Å²) in [6, 6.07) is 0. The van der Waals surface area contributed by atoms with Crippen LogP contribution in [0.15, 0.2) is 24.8 Å². The highest BCUT2D eigenvalue weighted by Crippen LogP contribution is 2.12. The molecule has 1 unspecified atom stereocenters. The molecule has 1 atom stereocenters. The molecule has 104 valence electrons. The third kappa shape index (κ3) is 8.07. The van der Waals surface area contributed by atoms with Gasteiger partial charge in [-0.05, 0) is 19.3 Å². The molecule has 0 aromatic carbocycles. The van der Waals surface area contributed by atoms with Crippen LogP contribution in [0, 0.1) is 0 Å². The second-order valence-corrected chi connectivity index (χ2v) is 4.34. The van der Waals surface area contributed by atoms with Crippen LogP contribution < -0.4 is 0 Å². The van der Waals surface area contributed by atoms with Gasteiger partial charge in [-0.15, -0.1) is 6.58 Å². The van der Waals surface area contributed by atoms with E-state index >= 15 is 0 Å². The van der Waals surface area contributed by atoms with E-state index in [1.807, 2.05) is 6.92 Å². The fourth-order valence-corrected chi connectivity index (χ4v) is 1.53. The monoisotopic (exact) mass is 254 g/mol. The standard InChI is InChI=1S/C15H26O3/c1-5-8-9-10-14(7-3)18-15(16)13(4)12-17-11-6-2/h6,14H,2,4-5,7-12H2,1,3H3. The molecule has 0 aromatic rings. The molecule has 0 amide bonds. The zero-order valence-electron chi connectivity index (χ0n) is 11.7.